The lowest BCUT2D eigenvalue weighted by Gasteiger charge is -2.15. The van der Waals surface area contributed by atoms with E-state index in [2.05, 4.69) is 99.1 Å². The summed E-state index contributed by atoms with van der Waals surface area (Å²) < 4.78 is 0. The van der Waals surface area contributed by atoms with E-state index in [1.807, 2.05) is 19.1 Å². The Hall–Kier alpha value is -3.06. The first-order chi connectivity index (χ1) is 14.1. The van der Waals surface area contributed by atoms with Crippen molar-refractivity contribution in [1.82, 2.24) is 5.32 Å². The van der Waals surface area contributed by atoms with Crippen LogP contribution in [0.15, 0.2) is 103 Å². The zero-order valence-electron chi connectivity index (χ0n) is 18.0. The SMILES string of the molecule is C=C/C=C(CCc1ccccc1)\C(=C/C)NC(=C)/C=C/c1ccc(CC)c(C)c1. The zero-order chi connectivity index (χ0) is 21.1. The second-order valence-corrected chi connectivity index (χ2v) is 7.14. The van der Waals surface area contributed by atoms with E-state index in [0.717, 1.165) is 30.7 Å². The van der Waals surface area contributed by atoms with Gasteiger partial charge in [0.1, 0.15) is 0 Å². The Kier molecular flexibility index (Phi) is 8.98. The maximum atomic E-state index is 4.18. The summed E-state index contributed by atoms with van der Waals surface area (Å²) in [6.07, 6.45) is 13.2. The van der Waals surface area contributed by atoms with Crippen molar-refractivity contribution in [2.45, 2.75) is 40.0 Å². The molecule has 2 aromatic rings. The summed E-state index contributed by atoms with van der Waals surface area (Å²) >= 11 is 0. The van der Waals surface area contributed by atoms with Crippen LogP contribution in [-0.4, -0.2) is 0 Å². The first-order valence-corrected chi connectivity index (χ1v) is 10.3. The lowest BCUT2D eigenvalue weighted by molar-refractivity contribution is 0.899. The van der Waals surface area contributed by atoms with Crippen molar-refractivity contribution in [3.63, 3.8) is 0 Å². The average Bonchev–Trinajstić information content (AvgIpc) is 2.74. The van der Waals surface area contributed by atoms with Gasteiger partial charge in [-0.2, -0.15) is 0 Å². The summed E-state index contributed by atoms with van der Waals surface area (Å²) in [5.41, 5.74) is 8.42. The van der Waals surface area contributed by atoms with E-state index in [9.17, 15) is 0 Å². The van der Waals surface area contributed by atoms with Gasteiger partial charge in [-0.15, -0.1) is 0 Å². The van der Waals surface area contributed by atoms with Crippen molar-refractivity contribution in [3.8, 4) is 0 Å². The molecule has 0 saturated carbocycles. The Morgan fingerprint density at radius 3 is 2.48 bits per heavy atom. The van der Waals surface area contributed by atoms with Gasteiger partial charge in [0.2, 0.25) is 0 Å². The van der Waals surface area contributed by atoms with Gasteiger partial charge < -0.3 is 5.32 Å². The van der Waals surface area contributed by atoms with Crippen LogP contribution in [0.3, 0.4) is 0 Å². The molecule has 0 amide bonds. The molecule has 0 atom stereocenters. The summed E-state index contributed by atoms with van der Waals surface area (Å²) in [6, 6.07) is 17.2. The molecule has 29 heavy (non-hydrogen) atoms. The Balaban J connectivity index is 2.03. The highest BCUT2D eigenvalue weighted by Gasteiger charge is 2.05. The molecule has 1 heteroatoms. The van der Waals surface area contributed by atoms with Crippen LogP contribution in [0.4, 0.5) is 0 Å². The molecule has 0 aromatic heterocycles. The van der Waals surface area contributed by atoms with E-state index < -0.39 is 0 Å². The molecular weight excluding hydrogens is 350 g/mol. The molecule has 0 aliphatic heterocycles. The van der Waals surface area contributed by atoms with Crippen LogP contribution in [0.1, 0.15) is 42.5 Å². The standard InChI is InChI=1S/C28H33N/c1-6-12-27(20-17-24-13-10-9-11-14-24)28(8-3)29-23(5)15-16-25-18-19-26(7-2)22(4)21-25/h6,8-16,18-19,21,29H,1,5,7,17,20H2,2-4H3/b16-15+,27-12-,28-8+. The third-order valence-electron chi connectivity index (χ3n) is 5.00. The molecule has 150 valence electrons. The van der Waals surface area contributed by atoms with E-state index in [0.29, 0.717) is 0 Å². The third kappa shape index (κ3) is 7.12. The van der Waals surface area contributed by atoms with E-state index in [4.69, 9.17) is 0 Å². The molecule has 0 fully saturated rings. The molecule has 2 rings (SSSR count). The zero-order valence-corrected chi connectivity index (χ0v) is 18.0. The van der Waals surface area contributed by atoms with E-state index in [-0.39, 0.29) is 0 Å². The molecule has 1 nitrogen and oxygen atoms in total. The van der Waals surface area contributed by atoms with Crippen molar-refractivity contribution < 1.29 is 0 Å². The van der Waals surface area contributed by atoms with Crippen LogP contribution >= 0.6 is 0 Å². The second kappa shape index (κ2) is 11.7. The van der Waals surface area contributed by atoms with Gasteiger partial charge in [-0.05, 0) is 67.0 Å². The van der Waals surface area contributed by atoms with Gasteiger partial charge in [0.15, 0.2) is 0 Å². The molecule has 2 aromatic carbocycles. The van der Waals surface area contributed by atoms with Gasteiger partial charge in [0.25, 0.3) is 0 Å². The summed E-state index contributed by atoms with van der Waals surface area (Å²) in [4.78, 5) is 0. The number of benzene rings is 2. The lowest BCUT2D eigenvalue weighted by atomic mass is 10.0. The quantitative estimate of drug-likeness (QED) is 0.424. The first-order valence-electron chi connectivity index (χ1n) is 10.3. The maximum Gasteiger partial charge on any atom is 0.0373 e. The second-order valence-electron chi connectivity index (χ2n) is 7.14. The molecule has 0 radical (unpaired) electrons. The van der Waals surface area contributed by atoms with Gasteiger partial charge >= 0.3 is 0 Å². The van der Waals surface area contributed by atoms with Crippen LogP contribution < -0.4 is 5.32 Å². The van der Waals surface area contributed by atoms with Crippen molar-refractivity contribution in [2.75, 3.05) is 0 Å². The molecular formula is C28H33N. The summed E-state index contributed by atoms with van der Waals surface area (Å²) in [7, 11) is 0. The van der Waals surface area contributed by atoms with E-state index >= 15 is 0 Å². The van der Waals surface area contributed by atoms with Crippen molar-refractivity contribution in [3.05, 3.63) is 125 Å². The molecule has 0 saturated heterocycles. The van der Waals surface area contributed by atoms with E-state index in [1.165, 1.54) is 27.8 Å². The molecule has 0 unspecified atom stereocenters. The molecule has 1 N–H and O–H groups in total. The van der Waals surface area contributed by atoms with Crippen LogP contribution in [0.25, 0.3) is 6.08 Å². The number of rotatable bonds is 10. The summed E-state index contributed by atoms with van der Waals surface area (Å²) in [5, 5.41) is 3.46. The van der Waals surface area contributed by atoms with Crippen LogP contribution in [-0.2, 0) is 12.8 Å². The number of hydrogen-bond donors (Lipinski definition) is 1. The first kappa shape index (κ1) is 22.2. The maximum absolute atomic E-state index is 4.18. The highest BCUT2D eigenvalue weighted by molar-refractivity contribution is 5.55. The Morgan fingerprint density at radius 1 is 1.10 bits per heavy atom. The number of aryl methyl sites for hydroxylation is 3. The minimum absolute atomic E-state index is 0.866. The predicted molar refractivity (Wildman–Crippen MR) is 129 cm³/mol. The predicted octanol–water partition coefficient (Wildman–Crippen LogP) is 7.32. The fourth-order valence-electron chi connectivity index (χ4n) is 3.34. The van der Waals surface area contributed by atoms with Gasteiger partial charge in [0, 0.05) is 11.4 Å². The Morgan fingerprint density at radius 2 is 1.86 bits per heavy atom. The Bertz CT molecular complexity index is 911. The van der Waals surface area contributed by atoms with Crippen molar-refractivity contribution >= 4 is 6.08 Å². The third-order valence-corrected chi connectivity index (χ3v) is 5.00. The van der Waals surface area contributed by atoms with Gasteiger partial charge in [-0.3, -0.25) is 0 Å². The van der Waals surface area contributed by atoms with Crippen molar-refractivity contribution in [2.24, 2.45) is 0 Å². The van der Waals surface area contributed by atoms with Crippen LogP contribution in [0.2, 0.25) is 0 Å². The Labute approximate surface area is 176 Å². The van der Waals surface area contributed by atoms with E-state index in [1.54, 1.807) is 0 Å². The number of nitrogens with one attached hydrogen (secondary N) is 1. The monoisotopic (exact) mass is 383 g/mol. The van der Waals surface area contributed by atoms with Gasteiger partial charge in [-0.1, -0.05) is 92.9 Å². The highest BCUT2D eigenvalue weighted by atomic mass is 14.9. The fraction of sp³-hybridized carbons (Fsp3) is 0.214. The topological polar surface area (TPSA) is 12.0 Å². The highest BCUT2D eigenvalue weighted by Crippen LogP contribution is 2.18. The lowest BCUT2D eigenvalue weighted by Crippen LogP contribution is -2.13. The molecule has 0 bridgehead atoms. The normalized spacial score (nSPS) is 12.2. The smallest absolute Gasteiger partial charge is 0.0373 e. The fourth-order valence-corrected chi connectivity index (χ4v) is 3.34. The molecule has 0 aliphatic carbocycles. The molecule has 0 heterocycles. The summed E-state index contributed by atoms with van der Waals surface area (Å²) in [5.74, 6) is 0. The van der Waals surface area contributed by atoms with Crippen LogP contribution in [0, 0.1) is 6.92 Å². The molecule has 0 aliphatic rings. The minimum atomic E-state index is 0.866. The number of hydrogen-bond acceptors (Lipinski definition) is 1. The van der Waals surface area contributed by atoms with Gasteiger partial charge in [-0.25, -0.2) is 0 Å². The van der Waals surface area contributed by atoms with Gasteiger partial charge in [0.05, 0.1) is 0 Å². The van der Waals surface area contributed by atoms with Crippen molar-refractivity contribution in [1.29, 1.82) is 0 Å². The summed E-state index contributed by atoms with van der Waals surface area (Å²) in [6.45, 7) is 14.5. The molecule has 0 spiro atoms. The number of allylic oxidation sites excluding steroid dienone is 5. The minimum Gasteiger partial charge on any atom is -0.356 e. The van der Waals surface area contributed by atoms with Crippen LogP contribution in [0.5, 0.6) is 0 Å². The average molecular weight is 384 g/mol. The largest absolute Gasteiger partial charge is 0.356 e.